The van der Waals surface area contributed by atoms with Crippen molar-refractivity contribution >= 4 is 11.9 Å². The second kappa shape index (κ2) is 3.97. The smallest absolute Gasteiger partial charge is 0.410 e. The summed E-state index contributed by atoms with van der Waals surface area (Å²) in [6, 6.07) is 0. The first-order chi connectivity index (χ1) is 8.81. The molecular formula is C15H23NO3. The second-order valence-electron chi connectivity index (χ2n) is 7.42. The van der Waals surface area contributed by atoms with Crippen LogP contribution in [-0.2, 0) is 9.53 Å². The number of ether oxygens (including phenoxy) is 1. The molecule has 0 aromatic carbocycles. The summed E-state index contributed by atoms with van der Waals surface area (Å²) in [5.41, 5.74) is -0.539. The van der Waals surface area contributed by atoms with Crippen molar-refractivity contribution in [3.63, 3.8) is 0 Å². The molecule has 0 N–H and O–H groups in total. The highest BCUT2D eigenvalue weighted by Crippen LogP contribution is 2.60. The third-order valence-electron chi connectivity index (χ3n) is 4.81. The summed E-state index contributed by atoms with van der Waals surface area (Å²) in [7, 11) is 0. The molecule has 1 aliphatic heterocycles. The third kappa shape index (κ3) is 2.26. The van der Waals surface area contributed by atoms with Gasteiger partial charge >= 0.3 is 6.09 Å². The number of ketones is 1. The summed E-state index contributed by atoms with van der Waals surface area (Å²) < 4.78 is 5.39. The first-order valence-electron chi connectivity index (χ1n) is 7.33. The Morgan fingerprint density at radius 2 is 1.95 bits per heavy atom. The van der Waals surface area contributed by atoms with E-state index in [9.17, 15) is 9.59 Å². The maximum Gasteiger partial charge on any atom is 0.410 e. The highest BCUT2D eigenvalue weighted by atomic mass is 16.6. The summed E-state index contributed by atoms with van der Waals surface area (Å²) in [6.45, 7) is 6.97. The van der Waals surface area contributed by atoms with Gasteiger partial charge < -0.3 is 9.64 Å². The predicted octanol–water partition coefficient (Wildman–Crippen LogP) is 2.61. The monoisotopic (exact) mass is 265 g/mol. The number of rotatable bonds is 0. The van der Waals surface area contributed by atoms with E-state index in [0.29, 0.717) is 30.7 Å². The standard InChI is InChI=1S/C15H23NO3/c1-14(2,3)19-13(18)16-6-4-15(5-7-16)9-10-8-11(10)12(15)17/h10-11H,4-9H2,1-3H3. The van der Waals surface area contributed by atoms with Crippen molar-refractivity contribution in [1.29, 1.82) is 0 Å². The number of Topliss-reactive ketones (excluding diaryl/α,β-unsaturated/α-hetero) is 1. The molecule has 0 aromatic rings. The van der Waals surface area contributed by atoms with Gasteiger partial charge in [0.15, 0.2) is 0 Å². The molecule has 2 saturated carbocycles. The minimum atomic E-state index is -0.447. The van der Waals surface area contributed by atoms with Crippen LogP contribution in [0.15, 0.2) is 0 Å². The predicted molar refractivity (Wildman–Crippen MR) is 70.7 cm³/mol. The van der Waals surface area contributed by atoms with Crippen molar-refractivity contribution in [2.75, 3.05) is 13.1 Å². The van der Waals surface area contributed by atoms with E-state index in [1.807, 2.05) is 20.8 Å². The molecule has 106 valence electrons. The summed E-state index contributed by atoms with van der Waals surface area (Å²) in [5.74, 6) is 1.52. The molecule has 4 nitrogen and oxygen atoms in total. The van der Waals surface area contributed by atoms with Crippen LogP contribution in [0.5, 0.6) is 0 Å². The van der Waals surface area contributed by atoms with Gasteiger partial charge in [-0.1, -0.05) is 0 Å². The van der Waals surface area contributed by atoms with Crippen molar-refractivity contribution in [1.82, 2.24) is 4.90 Å². The Labute approximate surface area is 114 Å². The van der Waals surface area contributed by atoms with E-state index in [4.69, 9.17) is 4.74 Å². The zero-order chi connectivity index (χ0) is 13.8. The van der Waals surface area contributed by atoms with E-state index in [1.54, 1.807) is 4.90 Å². The second-order valence-corrected chi connectivity index (χ2v) is 7.42. The van der Waals surface area contributed by atoms with Gasteiger partial charge in [0.25, 0.3) is 0 Å². The number of carbonyl (C=O) groups is 2. The van der Waals surface area contributed by atoms with Crippen LogP contribution < -0.4 is 0 Å². The normalized spacial score (nSPS) is 32.4. The largest absolute Gasteiger partial charge is 0.444 e. The van der Waals surface area contributed by atoms with Gasteiger partial charge in [-0.3, -0.25) is 4.79 Å². The maximum absolute atomic E-state index is 12.3. The Kier molecular flexibility index (Phi) is 2.70. The molecule has 1 amide bonds. The Bertz CT molecular complexity index is 416. The lowest BCUT2D eigenvalue weighted by molar-refractivity contribution is -0.130. The van der Waals surface area contributed by atoms with Crippen LogP contribution in [0.3, 0.4) is 0 Å². The molecule has 3 rings (SSSR count). The van der Waals surface area contributed by atoms with E-state index < -0.39 is 5.60 Å². The van der Waals surface area contributed by atoms with E-state index in [-0.39, 0.29) is 11.5 Å². The van der Waals surface area contributed by atoms with E-state index >= 15 is 0 Å². The molecule has 0 radical (unpaired) electrons. The quantitative estimate of drug-likeness (QED) is 0.676. The summed E-state index contributed by atoms with van der Waals surface area (Å²) >= 11 is 0. The average Bonchev–Trinajstić information content (AvgIpc) is 3.00. The first-order valence-corrected chi connectivity index (χ1v) is 7.33. The number of fused-ring (bicyclic) bond motifs is 1. The Morgan fingerprint density at radius 1 is 1.32 bits per heavy atom. The third-order valence-corrected chi connectivity index (χ3v) is 4.81. The number of nitrogens with zero attached hydrogens (tertiary/aromatic N) is 1. The van der Waals surface area contributed by atoms with Crippen molar-refractivity contribution in [2.45, 2.75) is 52.1 Å². The van der Waals surface area contributed by atoms with Crippen molar-refractivity contribution in [2.24, 2.45) is 17.3 Å². The van der Waals surface area contributed by atoms with E-state index in [2.05, 4.69) is 0 Å². The van der Waals surface area contributed by atoms with Gasteiger partial charge in [0.1, 0.15) is 11.4 Å². The lowest BCUT2D eigenvalue weighted by Crippen LogP contribution is -2.47. The Balaban J connectivity index is 1.58. The van der Waals surface area contributed by atoms with Crippen LogP contribution in [0.1, 0.15) is 46.5 Å². The maximum atomic E-state index is 12.3. The van der Waals surface area contributed by atoms with Crippen LogP contribution in [0, 0.1) is 17.3 Å². The van der Waals surface area contributed by atoms with Gasteiger partial charge in [0.2, 0.25) is 0 Å². The van der Waals surface area contributed by atoms with Gasteiger partial charge in [-0.25, -0.2) is 4.79 Å². The molecule has 4 heteroatoms. The molecular weight excluding hydrogens is 242 g/mol. The lowest BCUT2D eigenvalue weighted by atomic mass is 9.74. The summed E-state index contributed by atoms with van der Waals surface area (Å²) in [6.07, 6.45) is 3.61. The van der Waals surface area contributed by atoms with Gasteiger partial charge in [0.05, 0.1) is 0 Å². The molecule has 0 aromatic heterocycles. The van der Waals surface area contributed by atoms with Gasteiger partial charge in [-0.2, -0.15) is 0 Å². The molecule has 2 aliphatic carbocycles. The SMILES string of the molecule is CC(C)(C)OC(=O)N1CCC2(CC1)CC1CC1C2=O. The van der Waals surface area contributed by atoms with Crippen molar-refractivity contribution < 1.29 is 14.3 Å². The minimum Gasteiger partial charge on any atom is -0.444 e. The zero-order valence-electron chi connectivity index (χ0n) is 12.1. The Morgan fingerprint density at radius 3 is 2.42 bits per heavy atom. The fourth-order valence-corrected chi connectivity index (χ4v) is 3.68. The number of likely N-dealkylation sites (tertiary alicyclic amines) is 1. The van der Waals surface area contributed by atoms with Crippen LogP contribution in [0.2, 0.25) is 0 Å². The minimum absolute atomic E-state index is 0.0912. The highest BCUT2D eigenvalue weighted by Gasteiger charge is 2.61. The molecule has 1 heterocycles. The van der Waals surface area contributed by atoms with E-state index in [0.717, 1.165) is 25.7 Å². The lowest BCUT2D eigenvalue weighted by Gasteiger charge is -2.39. The highest BCUT2D eigenvalue weighted by molar-refractivity contribution is 5.92. The molecule has 1 spiro atoms. The molecule has 1 saturated heterocycles. The van der Waals surface area contributed by atoms with Gasteiger partial charge in [0, 0.05) is 24.4 Å². The average molecular weight is 265 g/mol. The molecule has 2 atom stereocenters. The topological polar surface area (TPSA) is 46.6 Å². The number of amides is 1. The fraction of sp³-hybridized carbons (Fsp3) is 0.867. The van der Waals surface area contributed by atoms with Crippen LogP contribution in [0.4, 0.5) is 4.79 Å². The van der Waals surface area contributed by atoms with Crippen LogP contribution in [0.25, 0.3) is 0 Å². The summed E-state index contributed by atoms with van der Waals surface area (Å²) in [4.78, 5) is 26.0. The number of piperidine rings is 1. The fourth-order valence-electron chi connectivity index (χ4n) is 3.68. The summed E-state index contributed by atoms with van der Waals surface area (Å²) in [5, 5.41) is 0. The Hall–Kier alpha value is -1.06. The van der Waals surface area contributed by atoms with Crippen molar-refractivity contribution in [3.05, 3.63) is 0 Å². The number of carbonyl (C=O) groups excluding carboxylic acids is 2. The van der Waals surface area contributed by atoms with Crippen LogP contribution in [-0.4, -0.2) is 35.5 Å². The van der Waals surface area contributed by atoms with Crippen LogP contribution >= 0.6 is 0 Å². The number of hydrogen-bond acceptors (Lipinski definition) is 3. The molecule has 3 fully saturated rings. The van der Waals surface area contributed by atoms with Gasteiger partial charge in [-0.15, -0.1) is 0 Å². The van der Waals surface area contributed by atoms with Gasteiger partial charge in [-0.05, 0) is 52.4 Å². The van der Waals surface area contributed by atoms with E-state index in [1.165, 1.54) is 0 Å². The molecule has 3 aliphatic rings. The molecule has 2 unspecified atom stereocenters. The zero-order valence-corrected chi connectivity index (χ0v) is 12.1. The van der Waals surface area contributed by atoms with Crippen molar-refractivity contribution in [3.8, 4) is 0 Å². The molecule has 0 bridgehead atoms. The molecule has 19 heavy (non-hydrogen) atoms. The number of hydrogen-bond donors (Lipinski definition) is 0. The first kappa shape index (κ1) is 12.9.